The van der Waals surface area contributed by atoms with Crippen molar-refractivity contribution >= 4 is 34.7 Å². The zero-order chi connectivity index (χ0) is 22.5. The summed E-state index contributed by atoms with van der Waals surface area (Å²) < 4.78 is 0. The Kier molecular flexibility index (Phi) is 6.12. The van der Waals surface area contributed by atoms with Crippen molar-refractivity contribution in [2.75, 3.05) is 60.7 Å². The summed E-state index contributed by atoms with van der Waals surface area (Å²) in [7, 11) is 3.93. The quantitative estimate of drug-likeness (QED) is 0.619. The summed E-state index contributed by atoms with van der Waals surface area (Å²) in [6.07, 6.45) is 0. The number of para-hydroxylation sites is 1. The molecule has 162 valence electrons. The van der Waals surface area contributed by atoms with E-state index in [9.17, 15) is 5.26 Å². The van der Waals surface area contributed by atoms with Crippen molar-refractivity contribution in [3.63, 3.8) is 0 Å². The summed E-state index contributed by atoms with van der Waals surface area (Å²) in [5, 5.41) is 9.69. The van der Waals surface area contributed by atoms with Gasteiger partial charge in [0, 0.05) is 51.6 Å². The van der Waals surface area contributed by atoms with Crippen LogP contribution in [0.25, 0.3) is 0 Å². The molecule has 0 amide bonds. The molecule has 1 fully saturated rings. The largest absolute Gasteiger partial charge is 0.378 e. The minimum absolute atomic E-state index is 0.0707. The number of hydrogen-bond donors (Lipinski definition) is 1. The van der Waals surface area contributed by atoms with Crippen LogP contribution in [0.3, 0.4) is 0 Å². The van der Waals surface area contributed by atoms with Crippen LogP contribution in [-0.4, -0.2) is 60.9 Å². The molecule has 32 heavy (non-hydrogen) atoms. The molecule has 0 saturated carbocycles. The van der Waals surface area contributed by atoms with Crippen LogP contribution in [0.2, 0.25) is 0 Å². The summed E-state index contributed by atoms with van der Waals surface area (Å²) in [6.45, 7) is 3.15. The number of rotatable bonds is 5. The molecular formula is C23H25N9. The van der Waals surface area contributed by atoms with Gasteiger partial charge in [-0.1, -0.05) is 18.2 Å². The number of anilines is 4. The Balaban J connectivity index is 1.53. The smallest absolute Gasteiger partial charge is 0.230 e. The Morgan fingerprint density at radius 3 is 2.22 bits per heavy atom. The van der Waals surface area contributed by atoms with Crippen molar-refractivity contribution in [1.82, 2.24) is 15.0 Å². The van der Waals surface area contributed by atoms with E-state index in [4.69, 9.17) is 5.73 Å². The maximum Gasteiger partial charge on any atom is 0.230 e. The van der Waals surface area contributed by atoms with E-state index in [2.05, 4.69) is 47.9 Å². The fourth-order valence-corrected chi connectivity index (χ4v) is 3.51. The van der Waals surface area contributed by atoms with E-state index in [0.717, 1.165) is 31.9 Å². The lowest BCUT2D eigenvalue weighted by molar-refractivity contribution is 0.638. The van der Waals surface area contributed by atoms with Crippen molar-refractivity contribution in [1.29, 1.82) is 5.26 Å². The molecule has 1 saturated heterocycles. The van der Waals surface area contributed by atoms with E-state index in [1.807, 2.05) is 61.5 Å². The second-order valence-electron chi connectivity index (χ2n) is 7.61. The van der Waals surface area contributed by atoms with Gasteiger partial charge in [0.15, 0.2) is 11.5 Å². The molecule has 4 rings (SSSR count). The molecule has 1 aliphatic rings. The third kappa shape index (κ3) is 4.75. The van der Waals surface area contributed by atoms with Crippen molar-refractivity contribution < 1.29 is 0 Å². The van der Waals surface area contributed by atoms with Crippen LogP contribution in [0, 0.1) is 11.3 Å². The van der Waals surface area contributed by atoms with Crippen LogP contribution in [0.4, 0.5) is 29.0 Å². The van der Waals surface area contributed by atoms with Gasteiger partial charge in [-0.3, -0.25) is 0 Å². The Bertz CT molecular complexity index is 1130. The molecule has 2 N–H and O–H groups in total. The molecule has 3 aromatic rings. The number of piperazine rings is 1. The van der Waals surface area contributed by atoms with Crippen LogP contribution in [0.5, 0.6) is 0 Å². The predicted molar refractivity (Wildman–Crippen MR) is 128 cm³/mol. The van der Waals surface area contributed by atoms with E-state index < -0.39 is 0 Å². The lowest BCUT2D eigenvalue weighted by atomic mass is 10.2. The van der Waals surface area contributed by atoms with Gasteiger partial charge in [0.05, 0.1) is 5.69 Å². The average molecular weight is 428 g/mol. The Hall–Kier alpha value is -4.19. The van der Waals surface area contributed by atoms with Crippen LogP contribution >= 0.6 is 0 Å². The number of aromatic nitrogens is 3. The third-order valence-electron chi connectivity index (χ3n) is 5.25. The minimum Gasteiger partial charge on any atom is -0.378 e. The summed E-state index contributed by atoms with van der Waals surface area (Å²) in [6, 6.07) is 20.0. The molecule has 0 radical (unpaired) electrons. The Morgan fingerprint density at radius 2 is 1.59 bits per heavy atom. The molecule has 1 aromatic heterocycles. The van der Waals surface area contributed by atoms with Crippen LogP contribution < -0.4 is 20.4 Å². The highest BCUT2D eigenvalue weighted by Gasteiger charge is 2.21. The number of hydrogen-bond acceptors (Lipinski definition) is 9. The SMILES string of the molecule is CN(C)c1ccc(N=C(C#N)c2nc(N)nc(N3CCN(c4ccccc4)CC3)n2)cc1. The molecule has 1 aliphatic heterocycles. The Labute approximate surface area is 187 Å². The van der Waals surface area contributed by atoms with Gasteiger partial charge in [-0.05, 0) is 36.4 Å². The highest BCUT2D eigenvalue weighted by atomic mass is 15.3. The third-order valence-corrected chi connectivity index (χ3v) is 5.25. The van der Waals surface area contributed by atoms with Crippen molar-refractivity contribution in [3.8, 4) is 6.07 Å². The van der Waals surface area contributed by atoms with Gasteiger partial charge in [-0.15, -0.1) is 0 Å². The molecule has 0 spiro atoms. The molecule has 2 aromatic carbocycles. The van der Waals surface area contributed by atoms with Gasteiger partial charge < -0.3 is 20.4 Å². The number of nitriles is 1. The fourth-order valence-electron chi connectivity index (χ4n) is 3.51. The van der Waals surface area contributed by atoms with E-state index in [1.165, 1.54) is 5.69 Å². The molecule has 0 bridgehead atoms. The molecule has 9 nitrogen and oxygen atoms in total. The maximum atomic E-state index is 9.69. The molecule has 0 aliphatic carbocycles. The normalized spacial score (nSPS) is 14.2. The average Bonchev–Trinajstić information content (AvgIpc) is 2.83. The zero-order valence-corrected chi connectivity index (χ0v) is 18.2. The highest BCUT2D eigenvalue weighted by molar-refractivity contribution is 6.10. The van der Waals surface area contributed by atoms with Crippen LogP contribution in [0.15, 0.2) is 59.6 Å². The topological polar surface area (TPSA) is 111 Å². The molecule has 9 heteroatoms. The van der Waals surface area contributed by atoms with Crippen molar-refractivity contribution in [2.24, 2.45) is 4.99 Å². The Morgan fingerprint density at radius 1 is 0.938 bits per heavy atom. The van der Waals surface area contributed by atoms with E-state index in [1.54, 1.807) is 0 Å². The highest BCUT2D eigenvalue weighted by Crippen LogP contribution is 2.21. The zero-order valence-electron chi connectivity index (χ0n) is 18.2. The van der Waals surface area contributed by atoms with E-state index in [-0.39, 0.29) is 17.5 Å². The maximum absolute atomic E-state index is 9.69. The second-order valence-corrected chi connectivity index (χ2v) is 7.61. The lowest BCUT2D eigenvalue weighted by Crippen LogP contribution is -2.47. The van der Waals surface area contributed by atoms with E-state index in [0.29, 0.717) is 11.6 Å². The number of nitrogens with two attached hydrogens (primary N) is 1. The number of nitrogens with zero attached hydrogens (tertiary/aromatic N) is 8. The number of nitrogen functional groups attached to an aromatic ring is 1. The van der Waals surface area contributed by atoms with Gasteiger partial charge in [-0.25, -0.2) is 4.99 Å². The van der Waals surface area contributed by atoms with Crippen LogP contribution in [-0.2, 0) is 0 Å². The fraction of sp³-hybridized carbons (Fsp3) is 0.261. The monoisotopic (exact) mass is 427 g/mol. The summed E-state index contributed by atoms with van der Waals surface area (Å²) in [5.74, 6) is 0.713. The first kappa shape index (κ1) is 21.1. The first-order valence-corrected chi connectivity index (χ1v) is 10.4. The second kappa shape index (κ2) is 9.31. The van der Waals surface area contributed by atoms with Gasteiger partial charge in [0.25, 0.3) is 0 Å². The first-order chi connectivity index (χ1) is 15.5. The molecule has 0 atom stereocenters. The summed E-state index contributed by atoms with van der Waals surface area (Å²) >= 11 is 0. The van der Waals surface area contributed by atoms with Crippen LogP contribution in [0.1, 0.15) is 5.82 Å². The standard InChI is InChI=1S/C23H25N9/c1-30(2)18-10-8-17(9-11-18)26-20(16-24)21-27-22(25)29-23(28-21)32-14-12-31(13-15-32)19-6-4-3-5-7-19/h3-11H,12-15H2,1-2H3,(H2,25,27,28,29). The molecule has 2 heterocycles. The first-order valence-electron chi connectivity index (χ1n) is 10.4. The van der Waals surface area contributed by atoms with Crippen molar-refractivity contribution in [3.05, 3.63) is 60.4 Å². The van der Waals surface area contributed by atoms with Crippen molar-refractivity contribution in [2.45, 2.75) is 0 Å². The van der Waals surface area contributed by atoms with Gasteiger partial charge in [-0.2, -0.15) is 20.2 Å². The minimum atomic E-state index is 0.0707. The summed E-state index contributed by atoms with van der Waals surface area (Å²) in [4.78, 5) is 23.8. The van der Waals surface area contributed by atoms with Gasteiger partial charge in [0.2, 0.25) is 11.9 Å². The number of aliphatic imine (C=N–C) groups is 1. The molecular weight excluding hydrogens is 402 g/mol. The van der Waals surface area contributed by atoms with Gasteiger partial charge >= 0.3 is 0 Å². The lowest BCUT2D eigenvalue weighted by Gasteiger charge is -2.36. The molecule has 0 unspecified atom stereocenters. The van der Waals surface area contributed by atoms with Gasteiger partial charge in [0.1, 0.15) is 6.07 Å². The number of benzene rings is 2. The summed E-state index contributed by atoms with van der Waals surface area (Å²) in [5.41, 5.74) is 8.94. The van der Waals surface area contributed by atoms with E-state index >= 15 is 0 Å². The predicted octanol–water partition coefficient (Wildman–Crippen LogP) is 2.49.